The highest BCUT2D eigenvalue weighted by atomic mass is 32.1. The number of hydrogen-bond acceptors (Lipinski definition) is 4. The predicted molar refractivity (Wildman–Crippen MR) is 87.5 cm³/mol. The van der Waals surface area contributed by atoms with Crippen LogP contribution in [0.5, 0.6) is 5.75 Å². The summed E-state index contributed by atoms with van der Waals surface area (Å²) in [6.45, 7) is 0.656. The highest BCUT2D eigenvalue weighted by molar-refractivity contribution is 7.09. The van der Waals surface area contributed by atoms with E-state index in [2.05, 4.69) is 11.4 Å². The van der Waals surface area contributed by atoms with Gasteiger partial charge in [0.25, 0.3) is 0 Å². The summed E-state index contributed by atoms with van der Waals surface area (Å²) in [5, 5.41) is 5.95. The smallest absolute Gasteiger partial charge is 0.224 e. The van der Waals surface area contributed by atoms with Crippen LogP contribution < -0.4 is 10.1 Å². The molecular weight excluding hydrogens is 298 g/mol. The van der Waals surface area contributed by atoms with Crippen molar-refractivity contribution in [2.75, 3.05) is 13.7 Å². The van der Waals surface area contributed by atoms with E-state index in [-0.39, 0.29) is 5.91 Å². The average Bonchev–Trinajstić information content (AvgIpc) is 3.17. The van der Waals surface area contributed by atoms with Crippen molar-refractivity contribution < 1.29 is 13.9 Å². The molecule has 1 amide bonds. The van der Waals surface area contributed by atoms with Crippen LogP contribution in [0.4, 0.5) is 0 Å². The van der Waals surface area contributed by atoms with Gasteiger partial charge < -0.3 is 14.5 Å². The van der Waals surface area contributed by atoms with Gasteiger partial charge in [-0.1, -0.05) is 6.07 Å². The first-order valence-corrected chi connectivity index (χ1v) is 7.97. The number of ether oxygens (including phenoxy) is 1. The largest absolute Gasteiger partial charge is 0.497 e. The maximum atomic E-state index is 12.0. The fraction of sp³-hybridized carbons (Fsp3) is 0.235. The molecule has 2 heterocycles. The van der Waals surface area contributed by atoms with Crippen molar-refractivity contribution in [3.8, 4) is 5.75 Å². The van der Waals surface area contributed by atoms with E-state index in [1.807, 2.05) is 29.6 Å². The van der Waals surface area contributed by atoms with E-state index in [0.717, 1.165) is 28.7 Å². The summed E-state index contributed by atoms with van der Waals surface area (Å²) in [6.07, 6.45) is 2.83. The summed E-state index contributed by atoms with van der Waals surface area (Å²) in [6, 6.07) is 9.72. The first-order valence-electron chi connectivity index (χ1n) is 7.09. The zero-order valence-corrected chi connectivity index (χ0v) is 13.1. The molecule has 0 radical (unpaired) electrons. The number of benzene rings is 1. The minimum absolute atomic E-state index is 0.00933. The first kappa shape index (κ1) is 14.7. The lowest BCUT2D eigenvalue weighted by Crippen LogP contribution is -2.26. The van der Waals surface area contributed by atoms with E-state index >= 15 is 0 Å². The van der Waals surface area contributed by atoms with Gasteiger partial charge in [-0.25, -0.2) is 0 Å². The second kappa shape index (κ2) is 6.66. The predicted octanol–water partition coefficient (Wildman–Crippen LogP) is 3.40. The van der Waals surface area contributed by atoms with E-state index < -0.39 is 0 Å². The summed E-state index contributed by atoms with van der Waals surface area (Å²) in [4.78, 5) is 13.3. The molecule has 0 aliphatic heterocycles. The zero-order valence-electron chi connectivity index (χ0n) is 12.3. The number of carbonyl (C=O) groups is 1. The van der Waals surface area contributed by atoms with Gasteiger partial charge in [0.2, 0.25) is 5.91 Å². The SMILES string of the molecule is COc1ccc2c(CC(=O)NCCc3cccs3)coc2c1. The number of fused-ring (bicyclic) bond motifs is 1. The van der Waals surface area contributed by atoms with E-state index in [9.17, 15) is 4.79 Å². The monoisotopic (exact) mass is 315 g/mol. The van der Waals surface area contributed by atoms with Gasteiger partial charge in [0.1, 0.15) is 11.3 Å². The van der Waals surface area contributed by atoms with Gasteiger partial charge in [-0.2, -0.15) is 0 Å². The van der Waals surface area contributed by atoms with Crippen molar-refractivity contribution in [3.63, 3.8) is 0 Å². The van der Waals surface area contributed by atoms with Crippen molar-refractivity contribution in [3.05, 3.63) is 52.4 Å². The van der Waals surface area contributed by atoms with Crippen LogP contribution in [0.15, 0.2) is 46.4 Å². The number of furan rings is 1. The summed E-state index contributed by atoms with van der Waals surface area (Å²) < 4.78 is 10.7. The molecule has 0 saturated heterocycles. The molecular formula is C17H17NO3S. The third kappa shape index (κ3) is 3.31. The summed E-state index contributed by atoms with van der Waals surface area (Å²) >= 11 is 1.71. The minimum Gasteiger partial charge on any atom is -0.497 e. The Balaban J connectivity index is 1.59. The molecule has 0 unspecified atom stereocenters. The van der Waals surface area contributed by atoms with E-state index in [1.165, 1.54) is 4.88 Å². The van der Waals surface area contributed by atoms with Crippen LogP contribution in [0.3, 0.4) is 0 Å². The fourth-order valence-electron chi connectivity index (χ4n) is 2.34. The molecule has 0 fully saturated rings. The van der Waals surface area contributed by atoms with Crippen LogP contribution in [0.1, 0.15) is 10.4 Å². The molecule has 0 saturated carbocycles. The van der Waals surface area contributed by atoms with Crippen molar-refractivity contribution in [1.29, 1.82) is 0 Å². The van der Waals surface area contributed by atoms with Crippen LogP contribution in [0.2, 0.25) is 0 Å². The van der Waals surface area contributed by atoms with Crippen LogP contribution in [-0.2, 0) is 17.6 Å². The van der Waals surface area contributed by atoms with Gasteiger partial charge in [-0.05, 0) is 30.0 Å². The molecule has 22 heavy (non-hydrogen) atoms. The molecule has 2 aromatic heterocycles. The van der Waals surface area contributed by atoms with E-state index in [0.29, 0.717) is 13.0 Å². The van der Waals surface area contributed by atoms with Crippen LogP contribution >= 0.6 is 11.3 Å². The van der Waals surface area contributed by atoms with Crippen molar-refractivity contribution in [2.24, 2.45) is 0 Å². The highest BCUT2D eigenvalue weighted by Crippen LogP contribution is 2.25. The fourth-order valence-corrected chi connectivity index (χ4v) is 3.05. The lowest BCUT2D eigenvalue weighted by molar-refractivity contribution is -0.120. The molecule has 1 aromatic carbocycles. The summed E-state index contributed by atoms with van der Waals surface area (Å²) in [5.41, 5.74) is 1.63. The van der Waals surface area contributed by atoms with Gasteiger partial charge in [-0.15, -0.1) is 11.3 Å². The molecule has 4 nitrogen and oxygen atoms in total. The Bertz CT molecular complexity index is 761. The van der Waals surface area contributed by atoms with Crippen LogP contribution in [0.25, 0.3) is 11.0 Å². The number of carbonyl (C=O) groups excluding carboxylic acids is 1. The van der Waals surface area contributed by atoms with Crippen molar-refractivity contribution in [2.45, 2.75) is 12.8 Å². The Kier molecular flexibility index (Phi) is 4.44. The second-order valence-electron chi connectivity index (χ2n) is 4.98. The number of thiophene rings is 1. The molecule has 5 heteroatoms. The van der Waals surface area contributed by atoms with Crippen molar-refractivity contribution >= 4 is 28.2 Å². The second-order valence-corrected chi connectivity index (χ2v) is 6.01. The molecule has 114 valence electrons. The molecule has 3 rings (SSSR count). The minimum atomic E-state index is 0.00933. The molecule has 0 atom stereocenters. The van der Waals surface area contributed by atoms with Gasteiger partial charge in [0.05, 0.1) is 19.8 Å². The number of methoxy groups -OCH3 is 1. The van der Waals surface area contributed by atoms with Gasteiger partial charge in [0, 0.05) is 28.4 Å². The first-order chi connectivity index (χ1) is 10.8. The number of amides is 1. The Morgan fingerprint density at radius 2 is 2.27 bits per heavy atom. The number of hydrogen-bond donors (Lipinski definition) is 1. The summed E-state index contributed by atoms with van der Waals surface area (Å²) in [7, 11) is 1.62. The van der Waals surface area contributed by atoms with E-state index in [1.54, 1.807) is 24.7 Å². The zero-order chi connectivity index (χ0) is 15.4. The molecule has 0 aliphatic rings. The normalized spacial score (nSPS) is 10.8. The Labute approximate surface area is 132 Å². The Morgan fingerprint density at radius 3 is 3.05 bits per heavy atom. The average molecular weight is 315 g/mol. The third-order valence-electron chi connectivity index (χ3n) is 3.49. The number of rotatable bonds is 6. The maximum absolute atomic E-state index is 12.0. The molecule has 0 aliphatic carbocycles. The Hall–Kier alpha value is -2.27. The van der Waals surface area contributed by atoms with Gasteiger partial charge in [-0.3, -0.25) is 4.79 Å². The highest BCUT2D eigenvalue weighted by Gasteiger charge is 2.11. The van der Waals surface area contributed by atoms with Crippen LogP contribution in [0, 0.1) is 0 Å². The maximum Gasteiger partial charge on any atom is 0.224 e. The van der Waals surface area contributed by atoms with Gasteiger partial charge in [0.15, 0.2) is 0 Å². The standard InChI is InChI=1S/C17H17NO3S/c1-20-13-4-5-15-12(11-21-16(15)10-13)9-17(19)18-7-6-14-3-2-8-22-14/h2-5,8,10-11H,6-7,9H2,1H3,(H,18,19). The molecule has 1 N–H and O–H groups in total. The topological polar surface area (TPSA) is 51.5 Å². The quantitative estimate of drug-likeness (QED) is 0.758. The molecule has 0 spiro atoms. The molecule has 0 bridgehead atoms. The number of nitrogens with one attached hydrogen (secondary N) is 1. The lowest BCUT2D eigenvalue weighted by Gasteiger charge is -2.03. The third-order valence-corrected chi connectivity index (χ3v) is 4.42. The van der Waals surface area contributed by atoms with Gasteiger partial charge >= 0.3 is 0 Å². The summed E-state index contributed by atoms with van der Waals surface area (Å²) in [5.74, 6) is 0.754. The molecule has 3 aromatic rings. The lowest BCUT2D eigenvalue weighted by atomic mass is 10.1. The van der Waals surface area contributed by atoms with E-state index in [4.69, 9.17) is 9.15 Å². The Morgan fingerprint density at radius 1 is 1.36 bits per heavy atom. The van der Waals surface area contributed by atoms with Crippen LogP contribution in [-0.4, -0.2) is 19.6 Å². The van der Waals surface area contributed by atoms with Crippen molar-refractivity contribution in [1.82, 2.24) is 5.32 Å².